The first-order valence-electron chi connectivity index (χ1n) is 9.43. The maximum Gasteiger partial charge on any atom is 0.221 e. The fraction of sp³-hybridized carbons (Fsp3) is 0.381. The molecule has 0 radical (unpaired) electrons. The number of hydrogen-bond donors (Lipinski definition) is 1. The molecule has 1 N–H and O–H groups in total. The first kappa shape index (κ1) is 21.1. The Bertz CT molecular complexity index is 973. The number of benzene rings is 2. The molecule has 0 saturated heterocycles. The molecule has 156 valence electrons. The highest BCUT2D eigenvalue weighted by atomic mass is 32.2. The summed E-state index contributed by atoms with van der Waals surface area (Å²) in [5.74, 6) is -0.113. The van der Waals surface area contributed by atoms with Crippen molar-refractivity contribution in [1.29, 1.82) is 0 Å². The van der Waals surface area contributed by atoms with Gasteiger partial charge in [-0.1, -0.05) is 26.0 Å². The number of hydrogen-bond acceptors (Lipinski definition) is 5. The molecule has 1 atom stereocenters. The van der Waals surface area contributed by atoms with Gasteiger partial charge in [-0.3, -0.25) is 4.79 Å². The molecule has 0 aromatic heterocycles. The monoisotopic (exact) mass is 421 g/mol. The number of ether oxygens (including phenoxy) is 2. The zero-order valence-corrected chi connectivity index (χ0v) is 17.2. The van der Waals surface area contributed by atoms with Crippen molar-refractivity contribution in [3.63, 3.8) is 0 Å². The van der Waals surface area contributed by atoms with Crippen LogP contribution in [0.4, 0.5) is 4.39 Å². The maximum absolute atomic E-state index is 13.2. The number of fused-ring (bicyclic) bond motifs is 1. The summed E-state index contributed by atoms with van der Waals surface area (Å²) in [4.78, 5) is 12.5. The van der Waals surface area contributed by atoms with E-state index >= 15 is 0 Å². The minimum atomic E-state index is -3.66. The van der Waals surface area contributed by atoms with Gasteiger partial charge >= 0.3 is 0 Å². The van der Waals surface area contributed by atoms with E-state index in [0.29, 0.717) is 24.7 Å². The predicted octanol–water partition coefficient (Wildman–Crippen LogP) is 3.27. The van der Waals surface area contributed by atoms with Crippen molar-refractivity contribution in [3.8, 4) is 11.5 Å². The lowest BCUT2D eigenvalue weighted by atomic mass is 9.96. The molecule has 29 heavy (non-hydrogen) atoms. The summed E-state index contributed by atoms with van der Waals surface area (Å²) in [6, 6.07) is 10.0. The van der Waals surface area contributed by atoms with E-state index in [4.69, 9.17) is 9.47 Å². The van der Waals surface area contributed by atoms with E-state index in [-0.39, 0.29) is 40.8 Å². The third-order valence-corrected chi connectivity index (χ3v) is 6.40. The van der Waals surface area contributed by atoms with E-state index in [0.717, 1.165) is 5.56 Å². The summed E-state index contributed by atoms with van der Waals surface area (Å²) in [5.41, 5.74) is 0.768. The minimum absolute atomic E-state index is 0.0545. The lowest BCUT2D eigenvalue weighted by Crippen LogP contribution is -2.32. The predicted molar refractivity (Wildman–Crippen MR) is 106 cm³/mol. The van der Waals surface area contributed by atoms with Crippen LogP contribution >= 0.6 is 0 Å². The van der Waals surface area contributed by atoms with Gasteiger partial charge in [0.05, 0.1) is 16.7 Å². The van der Waals surface area contributed by atoms with E-state index in [1.54, 1.807) is 18.2 Å². The molecule has 1 aliphatic heterocycles. The van der Waals surface area contributed by atoms with Gasteiger partial charge in [0.1, 0.15) is 19.0 Å². The lowest BCUT2D eigenvalue weighted by Gasteiger charge is -2.23. The van der Waals surface area contributed by atoms with Crippen molar-refractivity contribution in [2.45, 2.75) is 31.2 Å². The van der Waals surface area contributed by atoms with Gasteiger partial charge in [-0.15, -0.1) is 0 Å². The van der Waals surface area contributed by atoms with Gasteiger partial charge in [-0.25, -0.2) is 12.8 Å². The molecule has 0 aliphatic carbocycles. The van der Waals surface area contributed by atoms with Crippen LogP contribution in [0.3, 0.4) is 0 Å². The van der Waals surface area contributed by atoms with Crippen LogP contribution in [0.25, 0.3) is 0 Å². The summed E-state index contributed by atoms with van der Waals surface area (Å²) >= 11 is 0. The van der Waals surface area contributed by atoms with Crippen LogP contribution in [-0.2, 0) is 14.6 Å². The zero-order valence-electron chi connectivity index (χ0n) is 16.4. The topological polar surface area (TPSA) is 81.7 Å². The first-order chi connectivity index (χ1) is 13.8. The second kappa shape index (κ2) is 8.82. The third-order valence-electron chi connectivity index (χ3n) is 4.68. The number of carbonyl (C=O) groups is 1. The first-order valence-corrected chi connectivity index (χ1v) is 11.1. The normalized spacial score (nSPS) is 14.5. The van der Waals surface area contributed by atoms with Crippen LogP contribution in [-0.4, -0.2) is 33.3 Å². The number of carbonyl (C=O) groups excluding carboxylic acids is 1. The van der Waals surface area contributed by atoms with Crippen LogP contribution < -0.4 is 14.8 Å². The van der Waals surface area contributed by atoms with Crippen molar-refractivity contribution >= 4 is 15.7 Å². The molecule has 2 aromatic carbocycles. The lowest BCUT2D eigenvalue weighted by molar-refractivity contribution is -0.121. The molecule has 0 fully saturated rings. The van der Waals surface area contributed by atoms with Crippen molar-refractivity contribution < 1.29 is 27.1 Å². The molecule has 3 rings (SSSR count). The van der Waals surface area contributed by atoms with E-state index in [9.17, 15) is 17.6 Å². The van der Waals surface area contributed by atoms with Crippen LogP contribution in [0.2, 0.25) is 0 Å². The Morgan fingerprint density at radius 3 is 2.38 bits per heavy atom. The molecule has 1 amide bonds. The SMILES string of the molecule is CC(C)[C@@H](NC(=O)CCS(=O)(=O)c1ccc2c(c1)OCCO2)c1ccc(F)cc1. The number of sulfone groups is 1. The Balaban J connectivity index is 1.65. The molecule has 0 bridgehead atoms. The Morgan fingerprint density at radius 1 is 1.07 bits per heavy atom. The van der Waals surface area contributed by atoms with E-state index < -0.39 is 9.84 Å². The molecule has 0 unspecified atom stereocenters. The number of amides is 1. The fourth-order valence-corrected chi connectivity index (χ4v) is 4.36. The molecular weight excluding hydrogens is 397 g/mol. The second-order valence-corrected chi connectivity index (χ2v) is 9.32. The standard InChI is InChI=1S/C21H24FNO5S/c1-14(2)21(15-3-5-16(22)6-4-15)23-20(24)9-12-29(25,26)17-7-8-18-19(13-17)28-11-10-27-18/h3-8,13-14,21H,9-12H2,1-2H3,(H,23,24)/t21-/m1/s1. The Hall–Kier alpha value is -2.61. The third kappa shape index (κ3) is 5.26. The van der Waals surface area contributed by atoms with Crippen molar-refractivity contribution in [2.75, 3.05) is 19.0 Å². The Morgan fingerprint density at radius 2 is 1.72 bits per heavy atom. The fourth-order valence-electron chi connectivity index (χ4n) is 3.11. The molecular formula is C21H24FNO5S. The van der Waals surface area contributed by atoms with Gasteiger partial charge in [0.15, 0.2) is 21.3 Å². The molecule has 1 aliphatic rings. The summed E-state index contributed by atoms with van der Waals surface area (Å²) < 4.78 is 49.2. The molecule has 1 heterocycles. The molecule has 0 spiro atoms. The summed E-state index contributed by atoms with van der Waals surface area (Å²) in [6.07, 6.45) is -0.179. The van der Waals surface area contributed by atoms with Crippen LogP contribution in [0.5, 0.6) is 11.5 Å². The number of halogens is 1. The molecule has 8 heteroatoms. The quantitative estimate of drug-likeness (QED) is 0.742. The van der Waals surface area contributed by atoms with E-state index in [2.05, 4.69) is 5.32 Å². The van der Waals surface area contributed by atoms with Crippen molar-refractivity contribution in [2.24, 2.45) is 5.92 Å². The summed E-state index contributed by atoms with van der Waals surface area (Å²) in [7, 11) is -3.66. The average molecular weight is 421 g/mol. The summed E-state index contributed by atoms with van der Waals surface area (Å²) in [6.45, 7) is 4.64. The molecule has 6 nitrogen and oxygen atoms in total. The highest BCUT2D eigenvalue weighted by Crippen LogP contribution is 2.32. The highest BCUT2D eigenvalue weighted by molar-refractivity contribution is 7.91. The molecule has 2 aromatic rings. The van der Waals surface area contributed by atoms with E-state index in [1.807, 2.05) is 13.8 Å². The summed E-state index contributed by atoms with van der Waals surface area (Å²) in [5, 5.41) is 2.86. The Kier molecular flexibility index (Phi) is 6.42. The number of rotatable bonds is 7. The van der Waals surface area contributed by atoms with Gasteiger partial charge in [0.25, 0.3) is 0 Å². The van der Waals surface area contributed by atoms with Crippen molar-refractivity contribution in [1.82, 2.24) is 5.32 Å². The largest absolute Gasteiger partial charge is 0.486 e. The number of nitrogens with one attached hydrogen (secondary N) is 1. The second-order valence-electron chi connectivity index (χ2n) is 7.22. The zero-order chi connectivity index (χ0) is 21.0. The highest BCUT2D eigenvalue weighted by Gasteiger charge is 2.23. The van der Waals surface area contributed by atoms with Gasteiger partial charge in [-0.2, -0.15) is 0 Å². The average Bonchev–Trinajstić information content (AvgIpc) is 2.71. The maximum atomic E-state index is 13.2. The molecule has 0 saturated carbocycles. The van der Waals surface area contributed by atoms with Crippen molar-refractivity contribution in [3.05, 3.63) is 53.8 Å². The van der Waals surface area contributed by atoms with Crippen LogP contribution in [0, 0.1) is 11.7 Å². The van der Waals surface area contributed by atoms with Crippen LogP contribution in [0.15, 0.2) is 47.4 Å². The van der Waals surface area contributed by atoms with Gasteiger partial charge < -0.3 is 14.8 Å². The minimum Gasteiger partial charge on any atom is -0.486 e. The smallest absolute Gasteiger partial charge is 0.221 e. The van der Waals surface area contributed by atoms with Gasteiger partial charge in [0, 0.05) is 12.5 Å². The Labute approximate surface area is 169 Å². The van der Waals surface area contributed by atoms with E-state index in [1.165, 1.54) is 24.3 Å². The van der Waals surface area contributed by atoms with Gasteiger partial charge in [0.2, 0.25) is 5.91 Å². The van der Waals surface area contributed by atoms with Crippen LogP contribution in [0.1, 0.15) is 31.9 Å². The van der Waals surface area contributed by atoms with Gasteiger partial charge in [-0.05, 0) is 35.7 Å².